The maximum atomic E-state index is 12.6. The fourth-order valence-corrected chi connectivity index (χ4v) is 2.49. The first kappa shape index (κ1) is 19.4. The van der Waals surface area contributed by atoms with Crippen LogP contribution in [0.4, 0.5) is 11.5 Å². The lowest BCUT2D eigenvalue weighted by molar-refractivity contribution is -0.127. The SMILES string of the molecule is CC(C)[C@@H](NC(=O)Cc1ccccc1)C(=O)Nc1ccc(N(C)C)nc1. The standard InChI is InChI=1S/C20H26N4O2/c1-14(2)19(23-18(25)12-15-8-6-5-7-9-15)20(26)22-16-10-11-17(21-13-16)24(3)4/h5-11,13-14,19H,12H2,1-4H3,(H,22,26)(H,23,25)/t19-/m1/s1. The molecule has 26 heavy (non-hydrogen) atoms. The number of nitrogens with one attached hydrogen (secondary N) is 2. The van der Waals surface area contributed by atoms with E-state index in [1.54, 1.807) is 12.3 Å². The average Bonchev–Trinajstić information content (AvgIpc) is 2.60. The van der Waals surface area contributed by atoms with Gasteiger partial charge in [0.25, 0.3) is 0 Å². The molecule has 0 bridgehead atoms. The Morgan fingerprint density at radius 2 is 1.77 bits per heavy atom. The topological polar surface area (TPSA) is 74.3 Å². The lowest BCUT2D eigenvalue weighted by Crippen LogP contribution is -2.47. The first-order valence-electron chi connectivity index (χ1n) is 8.64. The van der Waals surface area contributed by atoms with Crippen molar-refractivity contribution in [2.24, 2.45) is 5.92 Å². The van der Waals surface area contributed by atoms with Crippen molar-refractivity contribution in [1.82, 2.24) is 10.3 Å². The molecule has 1 atom stereocenters. The molecule has 6 heteroatoms. The summed E-state index contributed by atoms with van der Waals surface area (Å²) in [5.74, 6) is 0.343. The predicted molar refractivity (Wildman–Crippen MR) is 104 cm³/mol. The van der Waals surface area contributed by atoms with Crippen molar-refractivity contribution >= 4 is 23.3 Å². The van der Waals surface area contributed by atoms with E-state index in [2.05, 4.69) is 15.6 Å². The minimum atomic E-state index is -0.611. The van der Waals surface area contributed by atoms with Crippen molar-refractivity contribution in [3.63, 3.8) is 0 Å². The smallest absolute Gasteiger partial charge is 0.247 e. The number of hydrogen-bond acceptors (Lipinski definition) is 4. The third-order valence-corrected chi connectivity index (χ3v) is 3.95. The summed E-state index contributed by atoms with van der Waals surface area (Å²) < 4.78 is 0. The molecule has 2 rings (SSSR count). The van der Waals surface area contributed by atoms with Crippen molar-refractivity contribution in [2.45, 2.75) is 26.3 Å². The van der Waals surface area contributed by atoms with E-state index in [0.717, 1.165) is 11.4 Å². The van der Waals surface area contributed by atoms with Crippen LogP contribution in [0.15, 0.2) is 48.7 Å². The first-order chi connectivity index (χ1) is 12.4. The lowest BCUT2D eigenvalue weighted by atomic mass is 10.0. The summed E-state index contributed by atoms with van der Waals surface area (Å²) in [5, 5.41) is 5.66. The van der Waals surface area contributed by atoms with E-state index in [4.69, 9.17) is 0 Å². The van der Waals surface area contributed by atoms with Gasteiger partial charge in [0.15, 0.2) is 0 Å². The van der Waals surface area contributed by atoms with Crippen LogP contribution in [0.3, 0.4) is 0 Å². The van der Waals surface area contributed by atoms with Crippen molar-refractivity contribution < 1.29 is 9.59 Å². The van der Waals surface area contributed by atoms with Crippen LogP contribution in [-0.4, -0.2) is 36.9 Å². The van der Waals surface area contributed by atoms with Gasteiger partial charge >= 0.3 is 0 Å². The van der Waals surface area contributed by atoms with E-state index in [-0.39, 0.29) is 24.2 Å². The Balaban J connectivity index is 1.99. The normalized spacial score (nSPS) is 11.7. The highest BCUT2D eigenvalue weighted by Gasteiger charge is 2.24. The van der Waals surface area contributed by atoms with Gasteiger partial charge in [0.05, 0.1) is 18.3 Å². The van der Waals surface area contributed by atoms with Crippen molar-refractivity contribution in [3.05, 3.63) is 54.2 Å². The number of hydrogen-bond donors (Lipinski definition) is 2. The Morgan fingerprint density at radius 1 is 1.08 bits per heavy atom. The van der Waals surface area contributed by atoms with E-state index in [1.807, 2.05) is 69.2 Å². The summed E-state index contributed by atoms with van der Waals surface area (Å²) in [4.78, 5) is 31.0. The number of aromatic nitrogens is 1. The van der Waals surface area contributed by atoms with Gasteiger partial charge < -0.3 is 15.5 Å². The second kappa shape index (κ2) is 8.99. The molecule has 0 aliphatic rings. The maximum Gasteiger partial charge on any atom is 0.247 e. The largest absolute Gasteiger partial charge is 0.363 e. The molecule has 2 N–H and O–H groups in total. The van der Waals surface area contributed by atoms with Crippen LogP contribution in [0.5, 0.6) is 0 Å². The molecule has 0 aliphatic heterocycles. The van der Waals surface area contributed by atoms with Gasteiger partial charge in [-0.25, -0.2) is 4.98 Å². The molecule has 2 amide bonds. The molecular formula is C20H26N4O2. The second-order valence-corrected chi connectivity index (χ2v) is 6.74. The van der Waals surface area contributed by atoms with E-state index < -0.39 is 6.04 Å². The van der Waals surface area contributed by atoms with Gasteiger partial charge in [-0.2, -0.15) is 0 Å². The predicted octanol–water partition coefficient (Wildman–Crippen LogP) is 2.47. The van der Waals surface area contributed by atoms with Gasteiger partial charge in [0.1, 0.15) is 11.9 Å². The number of rotatable bonds is 7. The number of anilines is 2. The molecular weight excluding hydrogens is 328 g/mol. The number of benzene rings is 1. The van der Waals surface area contributed by atoms with E-state index in [9.17, 15) is 9.59 Å². The Hall–Kier alpha value is -2.89. The zero-order valence-corrected chi connectivity index (χ0v) is 15.7. The first-order valence-corrected chi connectivity index (χ1v) is 8.64. The summed E-state index contributed by atoms with van der Waals surface area (Å²) >= 11 is 0. The molecule has 1 aromatic carbocycles. The summed E-state index contributed by atoms with van der Waals surface area (Å²) in [6.45, 7) is 3.81. The number of pyridine rings is 1. The minimum absolute atomic E-state index is 0.0382. The third kappa shape index (κ3) is 5.58. The Morgan fingerprint density at radius 3 is 2.31 bits per heavy atom. The lowest BCUT2D eigenvalue weighted by Gasteiger charge is -2.22. The maximum absolute atomic E-state index is 12.6. The number of carbonyl (C=O) groups is 2. The highest BCUT2D eigenvalue weighted by atomic mass is 16.2. The average molecular weight is 354 g/mol. The molecule has 6 nitrogen and oxygen atoms in total. The van der Waals surface area contributed by atoms with Crippen molar-refractivity contribution in [1.29, 1.82) is 0 Å². The van der Waals surface area contributed by atoms with Gasteiger partial charge in [-0.15, -0.1) is 0 Å². The number of amides is 2. The Labute approximate surface area is 154 Å². The molecule has 138 valence electrons. The highest BCUT2D eigenvalue weighted by molar-refractivity contribution is 5.97. The molecule has 0 aliphatic carbocycles. The van der Waals surface area contributed by atoms with Crippen LogP contribution in [-0.2, 0) is 16.0 Å². The van der Waals surface area contributed by atoms with Crippen molar-refractivity contribution in [3.8, 4) is 0 Å². The number of nitrogens with zero attached hydrogens (tertiary/aromatic N) is 2. The zero-order valence-electron chi connectivity index (χ0n) is 15.7. The van der Waals surface area contributed by atoms with Crippen LogP contribution < -0.4 is 15.5 Å². The molecule has 0 unspecified atom stereocenters. The van der Waals surface area contributed by atoms with Gasteiger partial charge in [0, 0.05) is 14.1 Å². The van der Waals surface area contributed by atoms with E-state index in [1.165, 1.54) is 0 Å². The van der Waals surface area contributed by atoms with Crippen LogP contribution in [0.1, 0.15) is 19.4 Å². The fourth-order valence-electron chi connectivity index (χ4n) is 2.49. The van der Waals surface area contributed by atoms with Gasteiger partial charge in [-0.3, -0.25) is 9.59 Å². The van der Waals surface area contributed by atoms with Crippen LogP contribution in [0.25, 0.3) is 0 Å². The van der Waals surface area contributed by atoms with Crippen LogP contribution in [0, 0.1) is 5.92 Å². The second-order valence-electron chi connectivity index (χ2n) is 6.74. The quantitative estimate of drug-likeness (QED) is 0.801. The summed E-state index contributed by atoms with van der Waals surface area (Å²) in [5.41, 5.74) is 1.51. The van der Waals surface area contributed by atoms with Crippen LogP contribution >= 0.6 is 0 Å². The van der Waals surface area contributed by atoms with Gasteiger partial charge in [0.2, 0.25) is 11.8 Å². The summed E-state index contributed by atoms with van der Waals surface area (Å²) in [7, 11) is 3.80. The number of carbonyl (C=O) groups excluding carboxylic acids is 2. The molecule has 0 radical (unpaired) electrons. The molecule has 2 aromatic rings. The van der Waals surface area contributed by atoms with E-state index >= 15 is 0 Å². The molecule has 0 saturated heterocycles. The third-order valence-electron chi connectivity index (χ3n) is 3.95. The highest BCUT2D eigenvalue weighted by Crippen LogP contribution is 2.13. The summed E-state index contributed by atoms with van der Waals surface area (Å²) in [6.07, 6.45) is 1.85. The minimum Gasteiger partial charge on any atom is -0.363 e. The zero-order chi connectivity index (χ0) is 19.1. The molecule has 1 heterocycles. The van der Waals surface area contributed by atoms with Crippen LogP contribution in [0.2, 0.25) is 0 Å². The Bertz CT molecular complexity index is 727. The fraction of sp³-hybridized carbons (Fsp3) is 0.350. The van der Waals surface area contributed by atoms with Crippen molar-refractivity contribution in [2.75, 3.05) is 24.3 Å². The molecule has 1 aromatic heterocycles. The summed E-state index contributed by atoms with van der Waals surface area (Å²) in [6, 6.07) is 12.5. The van der Waals surface area contributed by atoms with Gasteiger partial charge in [-0.05, 0) is 23.6 Å². The molecule has 0 spiro atoms. The van der Waals surface area contributed by atoms with E-state index in [0.29, 0.717) is 5.69 Å². The molecule has 0 fully saturated rings. The monoisotopic (exact) mass is 354 g/mol. The Kier molecular flexibility index (Phi) is 6.72. The molecule has 0 saturated carbocycles. The van der Waals surface area contributed by atoms with Gasteiger partial charge in [-0.1, -0.05) is 44.2 Å².